The Labute approximate surface area is 120 Å². The molecule has 2 aromatic rings. The van der Waals surface area contributed by atoms with Crippen molar-refractivity contribution in [3.05, 3.63) is 46.2 Å². The maximum Gasteiger partial charge on any atom is 0.354 e. The molecule has 4 nitrogen and oxygen atoms in total. The Bertz CT molecular complexity index is 758. The van der Waals surface area contributed by atoms with Crippen molar-refractivity contribution in [2.75, 3.05) is 5.73 Å². The van der Waals surface area contributed by atoms with Gasteiger partial charge >= 0.3 is 5.97 Å². The van der Waals surface area contributed by atoms with E-state index in [4.69, 9.17) is 10.8 Å². The first-order valence-electron chi connectivity index (χ1n) is 6.20. The van der Waals surface area contributed by atoms with E-state index in [2.05, 4.69) is 4.98 Å². The first-order valence-corrected chi connectivity index (χ1v) is 6.20. The molecule has 0 unspecified atom stereocenters. The quantitative estimate of drug-likeness (QED) is 0.891. The Morgan fingerprint density at radius 2 is 1.76 bits per heavy atom. The van der Waals surface area contributed by atoms with Crippen LogP contribution < -0.4 is 5.73 Å². The predicted molar refractivity (Wildman–Crippen MR) is 75.2 cm³/mol. The minimum atomic E-state index is -1.34. The number of rotatable bonds is 2. The largest absolute Gasteiger partial charge is 0.477 e. The van der Waals surface area contributed by atoms with Crippen molar-refractivity contribution in [3.63, 3.8) is 0 Å². The zero-order valence-electron chi connectivity index (χ0n) is 11.8. The number of carbonyl (C=O) groups is 1. The number of aromatic nitrogens is 1. The molecule has 0 aliphatic carbocycles. The molecular formula is C15H14F2N2O2. The Kier molecular flexibility index (Phi) is 3.63. The molecule has 110 valence electrons. The molecule has 0 saturated carbocycles. The molecule has 3 N–H and O–H groups in total. The third-order valence-electron chi connectivity index (χ3n) is 3.54. The van der Waals surface area contributed by atoms with E-state index >= 15 is 0 Å². The van der Waals surface area contributed by atoms with E-state index in [1.54, 1.807) is 19.9 Å². The predicted octanol–water partition coefficient (Wildman–Crippen LogP) is 3.23. The highest BCUT2D eigenvalue weighted by Crippen LogP contribution is 2.31. The smallest absolute Gasteiger partial charge is 0.354 e. The van der Waals surface area contributed by atoms with Crippen LogP contribution in [0.4, 0.5) is 14.5 Å². The number of halogens is 2. The first kappa shape index (κ1) is 14.9. The molecule has 0 fully saturated rings. The number of hydrogen-bond acceptors (Lipinski definition) is 3. The average Bonchev–Trinajstić information content (AvgIpc) is 2.43. The molecule has 1 aromatic carbocycles. The van der Waals surface area contributed by atoms with E-state index in [0.29, 0.717) is 11.1 Å². The summed E-state index contributed by atoms with van der Waals surface area (Å²) in [6, 6.07) is 2.98. The third kappa shape index (κ3) is 2.33. The summed E-state index contributed by atoms with van der Waals surface area (Å²) in [7, 11) is 0. The summed E-state index contributed by atoms with van der Waals surface area (Å²) in [6.07, 6.45) is 0. The molecule has 1 aromatic heterocycles. The van der Waals surface area contributed by atoms with Crippen molar-refractivity contribution in [2.45, 2.75) is 20.8 Å². The number of aryl methyl sites for hydroxylation is 1. The normalized spacial score (nSPS) is 10.7. The van der Waals surface area contributed by atoms with Crippen LogP contribution in [0.25, 0.3) is 11.3 Å². The van der Waals surface area contributed by atoms with Crippen LogP contribution in [-0.4, -0.2) is 16.1 Å². The third-order valence-corrected chi connectivity index (χ3v) is 3.54. The Morgan fingerprint density at radius 3 is 2.33 bits per heavy atom. The average molecular weight is 292 g/mol. The van der Waals surface area contributed by atoms with Crippen molar-refractivity contribution in [1.29, 1.82) is 0 Å². The fraction of sp³-hybridized carbons (Fsp3) is 0.200. The van der Waals surface area contributed by atoms with Gasteiger partial charge in [0.1, 0.15) is 11.5 Å². The van der Waals surface area contributed by atoms with Crippen molar-refractivity contribution >= 4 is 11.7 Å². The van der Waals surface area contributed by atoms with Gasteiger partial charge < -0.3 is 10.8 Å². The van der Waals surface area contributed by atoms with Crippen LogP contribution in [0.1, 0.15) is 27.2 Å². The Morgan fingerprint density at radius 1 is 1.14 bits per heavy atom. The van der Waals surface area contributed by atoms with Gasteiger partial charge in [0.15, 0.2) is 11.5 Å². The molecule has 6 heteroatoms. The number of aromatic carboxylic acids is 1. The number of pyridine rings is 1. The number of nitrogens with zero attached hydrogens (tertiary/aromatic N) is 1. The zero-order valence-corrected chi connectivity index (χ0v) is 11.8. The molecule has 0 saturated heterocycles. The second kappa shape index (κ2) is 5.12. The van der Waals surface area contributed by atoms with Crippen LogP contribution in [0.5, 0.6) is 0 Å². The summed E-state index contributed by atoms with van der Waals surface area (Å²) in [5, 5.41) is 9.09. The topological polar surface area (TPSA) is 76.2 Å². The molecule has 0 aliphatic heterocycles. The van der Waals surface area contributed by atoms with Crippen LogP contribution in [0, 0.1) is 32.4 Å². The molecule has 0 bridgehead atoms. The van der Waals surface area contributed by atoms with E-state index < -0.39 is 23.3 Å². The lowest BCUT2D eigenvalue weighted by Gasteiger charge is -2.12. The molecule has 0 radical (unpaired) electrons. The van der Waals surface area contributed by atoms with Gasteiger partial charge in [-0.25, -0.2) is 18.6 Å². The van der Waals surface area contributed by atoms with Crippen LogP contribution in [0.15, 0.2) is 12.1 Å². The number of anilines is 1. The molecule has 21 heavy (non-hydrogen) atoms. The van der Waals surface area contributed by atoms with Crippen LogP contribution in [0.2, 0.25) is 0 Å². The molecule has 1 heterocycles. The monoisotopic (exact) mass is 292 g/mol. The summed E-state index contributed by atoms with van der Waals surface area (Å²) < 4.78 is 28.6. The van der Waals surface area contributed by atoms with Crippen molar-refractivity contribution < 1.29 is 18.7 Å². The number of benzene rings is 1. The molecular weight excluding hydrogens is 278 g/mol. The standard InChI is InChI=1S/C15H14F2N2O2/c1-6-4-5-9(10(16)7(6)2)14-11(17)12(18)8(3)13(19-14)15(20)21/h4-5H,1-3H3,(H2,18,19)(H,20,21). The van der Waals surface area contributed by atoms with Crippen LogP contribution in [0.3, 0.4) is 0 Å². The number of nitrogen functional groups attached to an aromatic ring is 1. The van der Waals surface area contributed by atoms with Gasteiger partial charge in [0, 0.05) is 11.1 Å². The van der Waals surface area contributed by atoms with Gasteiger partial charge in [-0.2, -0.15) is 0 Å². The fourth-order valence-electron chi connectivity index (χ4n) is 2.02. The highest BCUT2D eigenvalue weighted by Gasteiger charge is 2.22. The second-order valence-electron chi connectivity index (χ2n) is 4.84. The van der Waals surface area contributed by atoms with Gasteiger partial charge in [0.05, 0.1) is 5.69 Å². The minimum Gasteiger partial charge on any atom is -0.477 e. The molecule has 2 rings (SSSR count). The molecule has 0 atom stereocenters. The first-order chi connectivity index (χ1) is 9.75. The van der Waals surface area contributed by atoms with Gasteiger partial charge in [-0.3, -0.25) is 0 Å². The molecule has 0 amide bonds. The van der Waals surface area contributed by atoms with E-state index in [9.17, 15) is 13.6 Å². The zero-order chi connectivity index (χ0) is 15.9. The lowest BCUT2D eigenvalue weighted by molar-refractivity contribution is 0.0689. The lowest BCUT2D eigenvalue weighted by atomic mass is 10.0. The van der Waals surface area contributed by atoms with E-state index in [-0.39, 0.29) is 22.5 Å². The second-order valence-corrected chi connectivity index (χ2v) is 4.84. The van der Waals surface area contributed by atoms with Crippen molar-refractivity contribution in [3.8, 4) is 11.3 Å². The van der Waals surface area contributed by atoms with E-state index in [0.717, 1.165) is 0 Å². The highest BCUT2D eigenvalue weighted by atomic mass is 19.1. The summed E-state index contributed by atoms with van der Waals surface area (Å²) in [4.78, 5) is 14.9. The maximum atomic E-state index is 14.3. The van der Waals surface area contributed by atoms with E-state index in [1.165, 1.54) is 13.0 Å². The van der Waals surface area contributed by atoms with Crippen molar-refractivity contribution in [2.24, 2.45) is 0 Å². The van der Waals surface area contributed by atoms with Crippen LogP contribution in [-0.2, 0) is 0 Å². The Balaban J connectivity index is 2.82. The summed E-state index contributed by atoms with van der Waals surface area (Å²) in [6.45, 7) is 4.63. The minimum absolute atomic E-state index is 0.0213. The number of hydrogen-bond donors (Lipinski definition) is 2. The van der Waals surface area contributed by atoms with Gasteiger partial charge in [0.2, 0.25) is 0 Å². The number of nitrogens with two attached hydrogens (primary N) is 1. The maximum absolute atomic E-state index is 14.3. The SMILES string of the molecule is Cc1ccc(-c2nc(C(=O)O)c(C)c(N)c2F)c(F)c1C. The summed E-state index contributed by atoms with van der Waals surface area (Å²) in [5.74, 6) is -2.90. The van der Waals surface area contributed by atoms with Gasteiger partial charge in [-0.15, -0.1) is 0 Å². The summed E-state index contributed by atoms with van der Waals surface area (Å²) >= 11 is 0. The van der Waals surface area contributed by atoms with Crippen molar-refractivity contribution in [1.82, 2.24) is 4.98 Å². The van der Waals surface area contributed by atoms with Crippen LogP contribution >= 0.6 is 0 Å². The van der Waals surface area contributed by atoms with Gasteiger partial charge in [0.25, 0.3) is 0 Å². The molecule has 0 aliphatic rings. The van der Waals surface area contributed by atoms with E-state index in [1.807, 2.05) is 0 Å². The van der Waals surface area contributed by atoms with Gasteiger partial charge in [-0.05, 0) is 38.0 Å². The Hall–Kier alpha value is -2.50. The fourth-order valence-corrected chi connectivity index (χ4v) is 2.02. The lowest BCUT2D eigenvalue weighted by Crippen LogP contribution is -2.11. The van der Waals surface area contributed by atoms with Gasteiger partial charge in [-0.1, -0.05) is 6.07 Å². The number of carboxylic acid groups (broad SMARTS) is 1. The summed E-state index contributed by atoms with van der Waals surface area (Å²) in [5.41, 5.74) is 5.43. The highest BCUT2D eigenvalue weighted by molar-refractivity contribution is 5.90. The number of carboxylic acids is 1. The molecule has 0 spiro atoms.